The molecular formula is C12H16N2O3S2. The molecule has 0 fully saturated rings. The van der Waals surface area contributed by atoms with Crippen LogP contribution in [0.3, 0.4) is 0 Å². The Kier molecular flexibility index (Phi) is 3.44. The lowest BCUT2D eigenvalue weighted by atomic mass is 10.3. The van der Waals surface area contributed by atoms with Gasteiger partial charge in [-0.3, -0.25) is 4.31 Å². The molecule has 0 bridgehead atoms. The van der Waals surface area contributed by atoms with Gasteiger partial charge in [0.2, 0.25) is 0 Å². The van der Waals surface area contributed by atoms with Crippen molar-refractivity contribution in [3.05, 3.63) is 28.0 Å². The molecule has 0 aliphatic heterocycles. The van der Waals surface area contributed by atoms with E-state index in [1.165, 1.54) is 22.7 Å². The molecule has 2 aromatic heterocycles. The Morgan fingerprint density at radius 3 is 2.32 bits per heavy atom. The quantitative estimate of drug-likeness (QED) is 0.874. The van der Waals surface area contributed by atoms with Gasteiger partial charge in [-0.25, -0.2) is 8.42 Å². The van der Waals surface area contributed by atoms with E-state index < -0.39 is 10.0 Å². The van der Waals surface area contributed by atoms with E-state index in [-0.39, 0.29) is 0 Å². The summed E-state index contributed by atoms with van der Waals surface area (Å²) in [7, 11) is -2.04. The maximum Gasteiger partial charge on any atom is 0.273 e. The van der Waals surface area contributed by atoms with Crippen molar-refractivity contribution in [2.75, 3.05) is 11.4 Å². The van der Waals surface area contributed by atoms with E-state index in [1.807, 2.05) is 13.8 Å². The van der Waals surface area contributed by atoms with E-state index in [9.17, 15) is 8.42 Å². The van der Waals surface area contributed by atoms with Crippen LogP contribution in [0.25, 0.3) is 0 Å². The first-order valence-corrected chi connectivity index (χ1v) is 7.99. The van der Waals surface area contributed by atoms with E-state index in [1.54, 1.807) is 19.9 Å². The van der Waals surface area contributed by atoms with Crippen LogP contribution >= 0.6 is 11.3 Å². The smallest absolute Gasteiger partial charge is 0.273 e. The van der Waals surface area contributed by atoms with Crippen LogP contribution in [0.5, 0.6) is 0 Å². The van der Waals surface area contributed by atoms with Gasteiger partial charge in [0.1, 0.15) is 15.6 Å². The Hall–Kier alpha value is -1.34. The largest absolute Gasteiger partial charge is 0.359 e. The van der Waals surface area contributed by atoms with E-state index in [2.05, 4.69) is 5.16 Å². The van der Waals surface area contributed by atoms with Gasteiger partial charge in [0, 0.05) is 11.9 Å². The highest BCUT2D eigenvalue weighted by Gasteiger charge is 2.28. The maximum atomic E-state index is 12.6. The molecule has 0 spiro atoms. The monoisotopic (exact) mass is 300 g/mol. The van der Waals surface area contributed by atoms with Gasteiger partial charge in [0.25, 0.3) is 10.0 Å². The van der Waals surface area contributed by atoms with Crippen LogP contribution in [-0.4, -0.2) is 20.6 Å². The third kappa shape index (κ3) is 2.28. The molecule has 2 heterocycles. The SMILES string of the molecule is Cc1cc(S(=O)(=O)N(C)c2c(C)noc2C)sc1C. The second kappa shape index (κ2) is 4.64. The fourth-order valence-electron chi connectivity index (χ4n) is 1.85. The van der Waals surface area contributed by atoms with Gasteiger partial charge in [-0.1, -0.05) is 5.16 Å². The van der Waals surface area contributed by atoms with Crippen molar-refractivity contribution in [2.24, 2.45) is 0 Å². The lowest BCUT2D eigenvalue weighted by Gasteiger charge is -2.17. The highest BCUT2D eigenvalue weighted by molar-refractivity contribution is 7.94. The van der Waals surface area contributed by atoms with Crippen LogP contribution in [0.2, 0.25) is 0 Å². The van der Waals surface area contributed by atoms with E-state index in [0.717, 1.165) is 10.4 Å². The molecule has 0 amide bonds. The van der Waals surface area contributed by atoms with Crippen molar-refractivity contribution in [3.8, 4) is 0 Å². The van der Waals surface area contributed by atoms with Gasteiger partial charge in [0.15, 0.2) is 5.76 Å². The number of aryl methyl sites for hydroxylation is 4. The predicted octanol–water partition coefficient (Wildman–Crippen LogP) is 2.79. The number of sulfonamides is 1. The summed E-state index contributed by atoms with van der Waals surface area (Å²) in [5.74, 6) is 0.494. The summed E-state index contributed by atoms with van der Waals surface area (Å²) in [5, 5.41) is 3.79. The molecule has 2 rings (SSSR count). The topological polar surface area (TPSA) is 63.4 Å². The molecule has 7 heteroatoms. The summed E-state index contributed by atoms with van der Waals surface area (Å²) in [6.07, 6.45) is 0. The Labute approximate surface area is 116 Å². The number of nitrogens with zero attached hydrogens (tertiary/aromatic N) is 2. The summed E-state index contributed by atoms with van der Waals surface area (Å²) < 4.78 is 31.7. The van der Waals surface area contributed by atoms with Crippen LogP contribution < -0.4 is 4.31 Å². The van der Waals surface area contributed by atoms with Crippen LogP contribution in [0.4, 0.5) is 5.69 Å². The fourth-order valence-corrected chi connectivity index (χ4v) is 4.83. The van der Waals surface area contributed by atoms with E-state index >= 15 is 0 Å². The molecule has 0 saturated heterocycles. The molecule has 0 radical (unpaired) electrons. The van der Waals surface area contributed by atoms with Crippen molar-refractivity contribution in [3.63, 3.8) is 0 Å². The summed E-state index contributed by atoms with van der Waals surface area (Å²) in [6, 6.07) is 1.70. The average Bonchev–Trinajstić information content (AvgIpc) is 2.83. The van der Waals surface area contributed by atoms with E-state index in [4.69, 9.17) is 4.52 Å². The first kappa shape index (κ1) is 14.1. The zero-order valence-electron chi connectivity index (χ0n) is 11.5. The Morgan fingerprint density at radius 1 is 1.26 bits per heavy atom. The average molecular weight is 300 g/mol. The lowest BCUT2D eigenvalue weighted by molar-refractivity contribution is 0.393. The van der Waals surface area contributed by atoms with Gasteiger partial charge < -0.3 is 4.52 Å². The predicted molar refractivity (Wildman–Crippen MR) is 75.4 cm³/mol. The highest BCUT2D eigenvalue weighted by Crippen LogP contribution is 2.32. The zero-order chi connectivity index (χ0) is 14.4. The first-order valence-electron chi connectivity index (χ1n) is 5.74. The van der Waals surface area contributed by atoms with Crippen LogP contribution in [0.1, 0.15) is 21.9 Å². The number of anilines is 1. The summed E-state index contributed by atoms with van der Waals surface area (Å²) in [4.78, 5) is 1.01. The van der Waals surface area contributed by atoms with Gasteiger partial charge in [-0.05, 0) is 39.3 Å². The van der Waals surface area contributed by atoms with Gasteiger partial charge >= 0.3 is 0 Å². The van der Waals surface area contributed by atoms with Crippen LogP contribution in [0, 0.1) is 27.7 Å². The fraction of sp³-hybridized carbons (Fsp3) is 0.417. The maximum absolute atomic E-state index is 12.6. The Morgan fingerprint density at radius 2 is 1.89 bits per heavy atom. The molecule has 5 nitrogen and oxygen atoms in total. The number of hydrogen-bond acceptors (Lipinski definition) is 5. The van der Waals surface area contributed by atoms with Crippen LogP contribution in [0.15, 0.2) is 14.8 Å². The molecule has 0 N–H and O–H groups in total. The number of hydrogen-bond donors (Lipinski definition) is 0. The molecular weight excluding hydrogens is 284 g/mol. The van der Waals surface area contributed by atoms with Crippen molar-refractivity contribution >= 4 is 27.0 Å². The minimum absolute atomic E-state index is 0.338. The zero-order valence-corrected chi connectivity index (χ0v) is 13.1. The lowest BCUT2D eigenvalue weighted by Crippen LogP contribution is -2.26. The molecule has 19 heavy (non-hydrogen) atoms. The third-order valence-electron chi connectivity index (χ3n) is 3.07. The third-order valence-corrected chi connectivity index (χ3v) is 6.43. The number of thiophene rings is 1. The Bertz CT molecular complexity index is 674. The molecule has 0 atom stereocenters. The standard InChI is InChI=1S/C12H16N2O3S2/c1-7-6-11(18-10(7)4)19(15,16)14(5)12-8(2)13-17-9(12)3/h6H,1-5H3. The molecule has 0 aliphatic rings. The second-order valence-corrected chi connectivity index (χ2v) is 7.90. The molecule has 0 aromatic carbocycles. The van der Waals surface area contributed by atoms with Gasteiger partial charge in [0.05, 0.1) is 0 Å². The molecule has 2 aromatic rings. The summed E-state index contributed by atoms with van der Waals surface area (Å²) in [6.45, 7) is 7.24. The van der Waals surface area contributed by atoms with Gasteiger partial charge in [-0.2, -0.15) is 0 Å². The van der Waals surface area contributed by atoms with E-state index in [0.29, 0.717) is 21.4 Å². The van der Waals surface area contributed by atoms with Crippen molar-refractivity contribution in [2.45, 2.75) is 31.9 Å². The normalized spacial score (nSPS) is 11.8. The first-order chi connectivity index (χ1) is 8.75. The minimum atomic E-state index is -3.56. The molecule has 0 aliphatic carbocycles. The number of aromatic nitrogens is 1. The molecule has 0 unspecified atom stereocenters. The van der Waals surface area contributed by atoms with Crippen molar-refractivity contribution in [1.29, 1.82) is 0 Å². The van der Waals surface area contributed by atoms with Crippen LogP contribution in [-0.2, 0) is 10.0 Å². The summed E-state index contributed by atoms with van der Waals surface area (Å²) >= 11 is 1.28. The van der Waals surface area contributed by atoms with Crippen molar-refractivity contribution < 1.29 is 12.9 Å². The minimum Gasteiger partial charge on any atom is -0.359 e. The summed E-state index contributed by atoms with van der Waals surface area (Å²) in [5.41, 5.74) is 2.05. The van der Waals surface area contributed by atoms with Crippen molar-refractivity contribution in [1.82, 2.24) is 5.16 Å². The Balaban J connectivity index is 2.51. The number of rotatable bonds is 3. The molecule has 0 saturated carbocycles. The highest BCUT2D eigenvalue weighted by atomic mass is 32.2. The van der Waals surface area contributed by atoms with Gasteiger partial charge in [-0.15, -0.1) is 11.3 Å². The molecule has 104 valence electrons. The second-order valence-electron chi connectivity index (χ2n) is 4.45.